The molecule has 0 fully saturated rings. The second-order valence-corrected chi connectivity index (χ2v) is 12.8. The molecule has 1 aromatic heterocycles. The summed E-state index contributed by atoms with van der Waals surface area (Å²) >= 11 is 0. The molecule has 0 saturated carbocycles. The van der Waals surface area contributed by atoms with Crippen LogP contribution in [0.15, 0.2) is 198 Å². The van der Waals surface area contributed by atoms with Crippen LogP contribution < -0.4 is 0 Å². The Morgan fingerprint density at radius 1 is 0.453 bits per heavy atom. The van der Waals surface area contributed by atoms with Gasteiger partial charge in [0.2, 0.25) is 0 Å². The third-order valence-electron chi connectivity index (χ3n) is 9.88. The fourth-order valence-corrected chi connectivity index (χ4v) is 7.51. The van der Waals surface area contributed by atoms with Crippen molar-refractivity contribution in [2.45, 2.75) is 0 Å². The normalized spacial score (nSPS) is 22.9. The fourth-order valence-electron chi connectivity index (χ4n) is 7.51. The van der Waals surface area contributed by atoms with Gasteiger partial charge >= 0.3 is 0 Å². The summed E-state index contributed by atoms with van der Waals surface area (Å²) < 4.78 is 179. The highest BCUT2D eigenvalue weighted by Gasteiger charge is 2.21. The van der Waals surface area contributed by atoms with Gasteiger partial charge in [-0.05, 0) is 101 Å². The number of allylic oxidation sites excluding steroid dienone is 8. The lowest BCUT2D eigenvalue weighted by Gasteiger charge is -2.23. The second kappa shape index (κ2) is 11.9. The molecule has 0 amide bonds. The molecule has 1 heteroatoms. The average molecular weight is 694 g/mol. The van der Waals surface area contributed by atoms with Crippen molar-refractivity contribution in [1.82, 2.24) is 0 Å². The molecule has 1 nitrogen and oxygen atoms in total. The Morgan fingerprint density at radius 2 is 1.08 bits per heavy atom. The summed E-state index contributed by atoms with van der Waals surface area (Å²) in [5.74, 6) is -3.09. The highest BCUT2D eigenvalue weighted by molar-refractivity contribution is 6.24. The van der Waals surface area contributed by atoms with Gasteiger partial charge in [0.1, 0.15) is 11.2 Å². The molecule has 2 atom stereocenters. The predicted molar refractivity (Wildman–Crippen MR) is 225 cm³/mol. The smallest absolute Gasteiger partial charge is 0.135 e. The summed E-state index contributed by atoms with van der Waals surface area (Å²) in [6, 6.07) is 10.1. The highest BCUT2D eigenvalue weighted by Crippen LogP contribution is 2.47. The summed E-state index contributed by atoms with van der Waals surface area (Å²) in [4.78, 5) is 0. The Morgan fingerprint density at radius 3 is 1.85 bits per heavy atom. The van der Waals surface area contributed by atoms with Crippen molar-refractivity contribution < 1.29 is 30.5 Å². The van der Waals surface area contributed by atoms with Gasteiger partial charge in [-0.15, -0.1) is 0 Å². The third kappa shape index (κ3) is 4.78. The zero-order valence-corrected chi connectivity index (χ0v) is 27.6. The highest BCUT2D eigenvalue weighted by atomic mass is 16.3. The van der Waals surface area contributed by atoms with Crippen LogP contribution in [0.5, 0.6) is 0 Å². The Kier molecular flexibility index (Phi) is 3.77. The van der Waals surface area contributed by atoms with Gasteiger partial charge in [0.05, 0.1) is 26.0 Å². The van der Waals surface area contributed by atoms with Gasteiger partial charge in [-0.3, -0.25) is 0 Å². The molecular weight excluding hydrogens is 641 g/mol. The molecule has 11 rings (SSSR count). The Labute approximate surface area is 334 Å². The first-order valence-electron chi connectivity index (χ1n) is 26.4. The minimum absolute atomic E-state index is 0.0285. The van der Waals surface area contributed by atoms with Crippen LogP contribution in [0.2, 0.25) is 0 Å². The van der Waals surface area contributed by atoms with Gasteiger partial charge in [0.25, 0.3) is 0 Å². The lowest BCUT2D eigenvalue weighted by molar-refractivity contribution is 0.663. The molecular formula is C52H34O. The number of furan rings is 1. The Balaban J connectivity index is 1.29. The summed E-state index contributed by atoms with van der Waals surface area (Å²) in [6.45, 7) is 0. The first-order valence-corrected chi connectivity index (χ1v) is 16.9. The zero-order valence-electron chi connectivity index (χ0n) is 46.6. The van der Waals surface area contributed by atoms with Crippen LogP contribution in [0.1, 0.15) is 31.6 Å². The molecule has 53 heavy (non-hydrogen) atoms. The molecule has 2 aliphatic carbocycles. The van der Waals surface area contributed by atoms with Crippen LogP contribution in [0, 0.1) is 11.8 Å². The van der Waals surface area contributed by atoms with Crippen LogP contribution in [-0.4, -0.2) is 0 Å². The van der Waals surface area contributed by atoms with Gasteiger partial charge < -0.3 is 4.42 Å². The number of hydrogen-bond acceptors (Lipinski definition) is 1. The Hall–Kier alpha value is -6.70. The van der Waals surface area contributed by atoms with Crippen LogP contribution in [0.4, 0.5) is 0 Å². The van der Waals surface area contributed by atoms with E-state index in [4.69, 9.17) is 20.9 Å². The number of fused-ring (bicyclic) bond motifs is 7. The van der Waals surface area contributed by atoms with E-state index in [0.29, 0.717) is 27.5 Å². The van der Waals surface area contributed by atoms with Gasteiger partial charge in [-0.2, -0.15) is 0 Å². The number of benzene rings is 8. The summed E-state index contributed by atoms with van der Waals surface area (Å²) in [5, 5.41) is 1.65. The first-order chi connectivity index (χ1) is 34.2. The first kappa shape index (κ1) is 16.8. The molecule has 2 unspecified atom stereocenters. The van der Waals surface area contributed by atoms with E-state index in [1.165, 1.54) is 0 Å². The van der Waals surface area contributed by atoms with E-state index in [2.05, 4.69) is 0 Å². The van der Waals surface area contributed by atoms with Crippen molar-refractivity contribution in [3.05, 3.63) is 199 Å². The standard InChI is InChI=1S/C52H34O/c1-2-13-34-30-36(25-24-33(34)12-1)35-14-11-15-38(31-35)51-43-19-5-7-21-45(43)52(46-22-8-6-20-44(46)51)47-28-27-39(40-16-3-4-17-41(40)47)37-26-29-50-48(32-37)42-18-9-10-23-49(42)53-50/h1-34H/i1D,2D,5D,6D,7D,8D,11D,12D,13D,14D,15D,19D,20D,21D,22D,24D,25D,30D,31D. The van der Waals surface area contributed by atoms with E-state index in [9.17, 15) is 9.60 Å². The van der Waals surface area contributed by atoms with Crippen molar-refractivity contribution >= 4 is 59.8 Å². The quantitative estimate of drug-likeness (QED) is 0.167. The molecule has 0 bridgehead atoms. The number of para-hydroxylation sites is 1. The maximum atomic E-state index is 9.87. The van der Waals surface area contributed by atoms with E-state index >= 15 is 0 Å². The molecule has 0 saturated heterocycles. The monoisotopic (exact) mass is 693 g/mol. The van der Waals surface area contributed by atoms with E-state index < -0.39 is 160 Å². The van der Waals surface area contributed by atoms with Crippen LogP contribution >= 0.6 is 0 Å². The van der Waals surface area contributed by atoms with Crippen molar-refractivity contribution in [3.63, 3.8) is 0 Å². The molecule has 9 aromatic rings. The zero-order chi connectivity index (χ0) is 51.4. The number of rotatable bonds is 4. The largest absolute Gasteiger partial charge is 0.456 e. The van der Waals surface area contributed by atoms with Crippen LogP contribution in [-0.2, 0) is 0 Å². The lowest BCUT2D eigenvalue weighted by atomic mass is 9.81. The van der Waals surface area contributed by atoms with Crippen LogP contribution in [0.25, 0.3) is 93.2 Å². The van der Waals surface area contributed by atoms with Crippen molar-refractivity contribution in [3.8, 4) is 33.4 Å². The number of hydrogen-bond donors (Lipinski definition) is 0. The third-order valence-corrected chi connectivity index (χ3v) is 9.88. The van der Waals surface area contributed by atoms with Gasteiger partial charge in [0.15, 0.2) is 0 Å². The van der Waals surface area contributed by atoms with Crippen molar-refractivity contribution in [2.24, 2.45) is 11.8 Å². The van der Waals surface area contributed by atoms with Gasteiger partial charge in [-0.1, -0.05) is 169 Å². The molecule has 0 N–H and O–H groups in total. The second-order valence-electron chi connectivity index (χ2n) is 12.8. The minimum atomic E-state index is -1.59. The molecule has 0 spiro atoms. The fraction of sp³-hybridized carbons (Fsp3) is 0.0385. The van der Waals surface area contributed by atoms with Crippen molar-refractivity contribution in [1.29, 1.82) is 0 Å². The van der Waals surface area contributed by atoms with Gasteiger partial charge in [0, 0.05) is 22.6 Å². The summed E-state index contributed by atoms with van der Waals surface area (Å²) in [6.07, 6.45) is 0. The maximum Gasteiger partial charge on any atom is 0.135 e. The summed E-state index contributed by atoms with van der Waals surface area (Å²) in [5.41, 5.74) is 0.782. The molecule has 0 radical (unpaired) electrons. The molecule has 1 heterocycles. The van der Waals surface area contributed by atoms with E-state index in [1.807, 2.05) is 60.7 Å². The molecule has 0 aliphatic heterocycles. The minimum Gasteiger partial charge on any atom is -0.456 e. The topological polar surface area (TPSA) is 13.1 Å². The average Bonchev–Trinajstić information content (AvgIpc) is 3.75. The van der Waals surface area contributed by atoms with E-state index in [0.717, 1.165) is 21.9 Å². The summed E-state index contributed by atoms with van der Waals surface area (Å²) in [7, 11) is 0. The Bertz CT molecular complexity index is 4080. The van der Waals surface area contributed by atoms with Crippen molar-refractivity contribution in [2.75, 3.05) is 0 Å². The lowest BCUT2D eigenvalue weighted by Crippen LogP contribution is -2.11. The predicted octanol–water partition coefficient (Wildman–Crippen LogP) is 14.4. The van der Waals surface area contributed by atoms with E-state index in [1.54, 1.807) is 18.2 Å². The molecule has 2 aliphatic rings. The maximum absolute atomic E-state index is 9.87. The van der Waals surface area contributed by atoms with Gasteiger partial charge in [-0.25, -0.2) is 0 Å². The SMILES string of the molecule is [2H]C1=C([2H])C2C([2H])=C([2H])C(c3c([2H])c([2H])c([2H])c(-c4c5c([2H])c([2H])c([2H])c([2H])c5c(-c5ccc(-c6ccc7oc8ccccc8c7c6)c6ccccc56)c5c([2H])c([2H])c([2H])c([2H])c45)c3[2H])=C([2H])C2C([2H])=C1[2H]. The van der Waals surface area contributed by atoms with E-state index in [-0.39, 0.29) is 16.3 Å². The van der Waals surface area contributed by atoms with Crippen LogP contribution in [0.3, 0.4) is 0 Å². The molecule has 248 valence electrons. The molecule has 8 aromatic carbocycles.